The number of nitrogens with one attached hydrogen (secondary N) is 1. The molecule has 0 aliphatic heterocycles. The van der Waals surface area contributed by atoms with Crippen LogP contribution in [-0.4, -0.2) is 28.6 Å². The number of nitro benzene ring substituents is 1. The van der Waals surface area contributed by atoms with Gasteiger partial charge in [-0.2, -0.15) is 0 Å². The fourth-order valence-corrected chi connectivity index (χ4v) is 1.93. The molecule has 2 N–H and O–H groups in total. The molecular formula is C15H20N2O4. The van der Waals surface area contributed by atoms with Gasteiger partial charge in [-0.05, 0) is 18.4 Å². The maximum Gasteiger partial charge on any atom is 0.320 e. The van der Waals surface area contributed by atoms with Crippen molar-refractivity contribution in [3.8, 4) is 0 Å². The van der Waals surface area contributed by atoms with E-state index in [-0.39, 0.29) is 11.6 Å². The number of hydrogen-bond acceptors (Lipinski definition) is 4. The highest BCUT2D eigenvalue weighted by Gasteiger charge is 2.17. The van der Waals surface area contributed by atoms with E-state index in [1.165, 1.54) is 6.07 Å². The average molecular weight is 292 g/mol. The highest BCUT2D eigenvalue weighted by atomic mass is 16.6. The van der Waals surface area contributed by atoms with Crippen molar-refractivity contribution < 1.29 is 14.8 Å². The summed E-state index contributed by atoms with van der Waals surface area (Å²) in [6, 6.07) is 5.81. The molecule has 0 saturated heterocycles. The Morgan fingerprint density at radius 1 is 1.43 bits per heavy atom. The predicted octanol–water partition coefficient (Wildman–Crippen LogP) is 2.70. The molecule has 1 rings (SSSR count). The predicted molar refractivity (Wildman–Crippen MR) is 81.0 cm³/mol. The number of nitro groups is 1. The van der Waals surface area contributed by atoms with Crippen molar-refractivity contribution in [1.29, 1.82) is 0 Å². The minimum atomic E-state index is -0.886. The fourth-order valence-electron chi connectivity index (χ4n) is 1.93. The van der Waals surface area contributed by atoms with E-state index in [1.807, 2.05) is 13.8 Å². The summed E-state index contributed by atoms with van der Waals surface area (Å²) in [5.41, 5.74) is 0.533. The van der Waals surface area contributed by atoms with Crippen LogP contribution in [0, 0.1) is 16.0 Å². The molecule has 0 saturated carbocycles. The van der Waals surface area contributed by atoms with Crippen molar-refractivity contribution >= 4 is 17.7 Å². The zero-order valence-corrected chi connectivity index (χ0v) is 12.2. The standard InChI is InChI=1S/C15H20N2O4/c1-11(2)10-13(15(18)19)16-9-5-7-12-6-3-4-8-14(12)17(20)21/h3-8,11,13,16H,9-10H2,1-2H3,(H,18,19)/b7-5+. The monoisotopic (exact) mass is 292 g/mol. The molecule has 0 aromatic heterocycles. The molecular weight excluding hydrogens is 272 g/mol. The first-order valence-corrected chi connectivity index (χ1v) is 6.78. The summed E-state index contributed by atoms with van der Waals surface area (Å²) in [5.74, 6) is -0.611. The summed E-state index contributed by atoms with van der Waals surface area (Å²) < 4.78 is 0. The molecule has 6 heteroatoms. The third-order valence-corrected chi connectivity index (χ3v) is 2.92. The first-order chi connectivity index (χ1) is 9.91. The first-order valence-electron chi connectivity index (χ1n) is 6.78. The zero-order valence-electron chi connectivity index (χ0n) is 12.2. The van der Waals surface area contributed by atoms with Crippen molar-refractivity contribution in [2.45, 2.75) is 26.3 Å². The van der Waals surface area contributed by atoms with Gasteiger partial charge in [-0.1, -0.05) is 38.1 Å². The van der Waals surface area contributed by atoms with E-state index in [9.17, 15) is 14.9 Å². The average Bonchev–Trinajstić information content (AvgIpc) is 2.41. The quantitative estimate of drug-likeness (QED) is 0.567. The van der Waals surface area contributed by atoms with Crippen LogP contribution < -0.4 is 5.32 Å². The number of aliphatic carboxylic acids is 1. The van der Waals surface area contributed by atoms with Gasteiger partial charge in [0.15, 0.2) is 0 Å². The van der Waals surface area contributed by atoms with Crippen molar-refractivity contribution in [2.24, 2.45) is 5.92 Å². The lowest BCUT2D eigenvalue weighted by Crippen LogP contribution is -2.37. The Hall–Kier alpha value is -2.21. The van der Waals surface area contributed by atoms with E-state index in [2.05, 4.69) is 5.32 Å². The van der Waals surface area contributed by atoms with E-state index >= 15 is 0 Å². The van der Waals surface area contributed by atoms with Gasteiger partial charge >= 0.3 is 5.97 Å². The molecule has 6 nitrogen and oxygen atoms in total. The molecule has 0 amide bonds. The molecule has 0 radical (unpaired) electrons. The van der Waals surface area contributed by atoms with Gasteiger partial charge in [0.2, 0.25) is 0 Å². The highest BCUT2D eigenvalue weighted by molar-refractivity contribution is 5.73. The summed E-state index contributed by atoms with van der Waals surface area (Å²) in [7, 11) is 0. The topological polar surface area (TPSA) is 92.5 Å². The van der Waals surface area contributed by atoms with E-state index in [0.717, 1.165) is 0 Å². The van der Waals surface area contributed by atoms with E-state index in [1.54, 1.807) is 30.4 Å². The Morgan fingerprint density at radius 2 is 2.10 bits per heavy atom. The second-order valence-electron chi connectivity index (χ2n) is 5.15. The molecule has 0 bridgehead atoms. The molecule has 1 unspecified atom stereocenters. The van der Waals surface area contributed by atoms with Crippen molar-refractivity contribution in [3.63, 3.8) is 0 Å². The Kier molecular flexibility index (Phi) is 6.55. The Labute approximate surface area is 123 Å². The number of carboxylic acid groups (broad SMARTS) is 1. The lowest BCUT2D eigenvalue weighted by atomic mass is 10.0. The lowest BCUT2D eigenvalue weighted by Gasteiger charge is -2.15. The molecule has 1 aromatic carbocycles. The molecule has 1 atom stereocenters. The SMILES string of the molecule is CC(C)CC(NC/C=C/c1ccccc1[N+](=O)[O-])C(=O)O. The van der Waals surface area contributed by atoms with Crippen LogP contribution in [0.2, 0.25) is 0 Å². The number of para-hydroxylation sites is 1. The highest BCUT2D eigenvalue weighted by Crippen LogP contribution is 2.18. The molecule has 0 spiro atoms. The summed E-state index contributed by atoms with van der Waals surface area (Å²) >= 11 is 0. The maximum atomic E-state index is 11.1. The lowest BCUT2D eigenvalue weighted by molar-refractivity contribution is -0.385. The van der Waals surface area contributed by atoms with Crippen LogP contribution in [0.15, 0.2) is 30.3 Å². The number of carbonyl (C=O) groups is 1. The summed E-state index contributed by atoms with van der Waals surface area (Å²) in [6.45, 7) is 4.26. The summed E-state index contributed by atoms with van der Waals surface area (Å²) in [4.78, 5) is 21.5. The number of benzene rings is 1. The molecule has 0 aliphatic carbocycles. The normalized spacial score (nSPS) is 12.7. The van der Waals surface area contributed by atoms with Crippen molar-refractivity contribution in [1.82, 2.24) is 5.32 Å². The minimum Gasteiger partial charge on any atom is -0.480 e. The second kappa shape index (κ2) is 8.16. The number of rotatable bonds is 8. The fraction of sp³-hybridized carbons (Fsp3) is 0.400. The van der Waals surface area contributed by atoms with Gasteiger partial charge in [-0.3, -0.25) is 14.9 Å². The van der Waals surface area contributed by atoms with Gasteiger partial charge in [-0.25, -0.2) is 0 Å². The molecule has 114 valence electrons. The van der Waals surface area contributed by atoms with Crippen LogP contribution in [0.25, 0.3) is 6.08 Å². The van der Waals surface area contributed by atoms with Crippen LogP contribution in [0.4, 0.5) is 5.69 Å². The summed E-state index contributed by atoms with van der Waals surface area (Å²) in [5, 5.41) is 22.8. The van der Waals surface area contributed by atoms with Crippen LogP contribution in [0.3, 0.4) is 0 Å². The van der Waals surface area contributed by atoms with E-state index in [0.29, 0.717) is 18.5 Å². The van der Waals surface area contributed by atoms with E-state index < -0.39 is 16.9 Å². The molecule has 0 aliphatic rings. The van der Waals surface area contributed by atoms with E-state index in [4.69, 9.17) is 5.11 Å². The molecule has 21 heavy (non-hydrogen) atoms. The van der Waals surface area contributed by atoms with Crippen molar-refractivity contribution in [3.05, 3.63) is 46.0 Å². The van der Waals surface area contributed by atoms with Crippen LogP contribution in [0.1, 0.15) is 25.8 Å². The molecule has 0 fully saturated rings. The largest absolute Gasteiger partial charge is 0.480 e. The number of nitrogens with zero attached hydrogens (tertiary/aromatic N) is 1. The van der Waals surface area contributed by atoms with Crippen LogP contribution in [0.5, 0.6) is 0 Å². The Balaban J connectivity index is 2.62. The minimum absolute atomic E-state index is 0.0331. The molecule has 1 aromatic rings. The Morgan fingerprint density at radius 3 is 2.67 bits per heavy atom. The first kappa shape index (κ1) is 16.8. The smallest absolute Gasteiger partial charge is 0.320 e. The van der Waals surface area contributed by atoms with Gasteiger partial charge < -0.3 is 10.4 Å². The number of carboxylic acids is 1. The maximum absolute atomic E-state index is 11.1. The van der Waals surface area contributed by atoms with Gasteiger partial charge in [0.25, 0.3) is 5.69 Å². The Bertz CT molecular complexity index is 526. The second-order valence-corrected chi connectivity index (χ2v) is 5.15. The van der Waals surface area contributed by atoms with Crippen LogP contribution >= 0.6 is 0 Å². The van der Waals surface area contributed by atoms with Crippen molar-refractivity contribution in [2.75, 3.05) is 6.54 Å². The third-order valence-electron chi connectivity index (χ3n) is 2.92. The zero-order chi connectivity index (χ0) is 15.8. The van der Waals surface area contributed by atoms with Gasteiger partial charge in [0.1, 0.15) is 6.04 Å². The van der Waals surface area contributed by atoms with Gasteiger partial charge in [0.05, 0.1) is 10.5 Å². The van der Waals surface area contributed by atoms with Gasteiger partial charge in [-0.15, -0.1) is 0 Å². The third kappa shape index (κ3) is 5.74. The van der Waals surface area contributed by atoms with Gasteiger partial charge in [0, 0.05) is 12.6 Å². The van der Waals surface area contributed by atoms with Crippen LogP contribution in [-0.2, 0) is 4.79 Å². The molecule has 0 heterocycles. The number of hydrogen-bond donors (Lipinski definition) is 2. The summed E-state index contributed by atoms with van der Waals surface area (Å²) in [6.07, 6.45) is 3.85.